The zero-order valence-electron chi connectivity index (χ0n) is 45.3. The van der Waals surface area contributed by atoms with Gasteiger partial charge in [0.25, 0.3) is 0 Å². The molecule has 3 fully saturated rings. The van der Waals surface area contributed by atoms with Crippen LogP contribution in [0.25, 0.3) is 0 Å². The van der Waals surface area contributed by atoms with Crippen LogP contribution in [0, 0.1) is 22.7 Å². The summed E-state index contributed by atoms with van der Waals surface area (Å²) in [7, 11) is 1.57. The normalized spacial score (nSPS) is 22.7. The predicted molar refractivity (Wildman–Crippen MR) is 302 cm³/mol. The molecule has 21 nitrogen and oxygen atoms in total. The molecule has 3 aliphatic rings. The van der Waals surface area contributed by atoms with Gasteiger partial charge in [-0.3, -0.25) is 38.9 Å². The van der Waals surface area contributed by atoms with Gasteiger partial charge in [0.15, 0.2) is 0 Å². The fourth-order valence-corrected chi connectivity index (χ4v) is 9.80. The minimum absolute atomic E-state index is 0. The van der Waals surface area contributed by atoms with Gasteiger partial charge in [0.2, 0.25) is 41.4 Å². The lowest BCUT2D eigenvalue weighted by Crippen LogP contribution is -2.56. The third-order valence-corrected chi connectivity index (χ3v) is 14.1. The number of alkyl carbamates (subject to hydrolysis) is 1. The van der Waals surface area contributed by atoms with Crippen molar-refractivity contribution in [1.29, 1.82) is 0 Å². The minimum Gasteiger partial charge on any atom is -0.443 e. The molecule has 10 atom stereocenters. The summed E-state index contributed by atoms with van der Waals surface area (Å²) in [5.74, 6) is -4.14. The van der Waals surface area contributed by atoms with Crippen LogP contribution in [-0.4, -0.2) is 153 Å². The van der Waals surface area contributed by atoms with E-state index in [-0.39, 0.29) is 99.0 Å². The first-order chi connectivity index (χ1) is 34.8. The highest BCUT2D eigenvalue weighted by molar-refractivity contribution is 5.95. The summed E-state index contributed by atoms with van der Waals surface area (Å²) < 4.78 is 23.8. The maximum absolute atomic E-state index is 13.9. The van der Waals surface area contributed by atoms with E-state index < -0.39 is 107 Å². The Morgan fingerprint density at radius 3 is 2.04 bits per heavy atom. The zero-order valence-corrected chi connectivity index (χ0v) is 45.3. The van der Waals surface area contributed by atoms with Crippen molar-refractivity contribution in [2.24, 2.45) is 22.7 Å². The van der Waals surface area contributed by atoms with Crippen molar-refractivity contribution in [1.82, 2.24) is 42.5 Å². The van der Waals surface area contributed by atoms with Gasteiger partial charge in [-0.15, -0.1) is 0 Å². The third-order valence-electron chi connectivity index (χ3n) is 14.1. The molecule has 1 aliphatic carbocycles. The summed E-state index contributed by atoms with van der Waals surface area (Å²) in [6.07, 6.45) is 2.09. The number of carbonyl (C=O) groups excluding carboxylic acids is 8. The smallest absolute Gasteiger partial charge is 0.414 e. The van der Waals surface area contributed by atoms with Crippen LogP contribution >= 0.6 is 0 Å². The summed E-state index contributed by atoms with van der Waals surface area (Å²) in [5, 5.41) is 30.8. The number of carbonyl (C=O) groups is 8. The standard InChI is InChI=1S/C53H84N8O13.4CH4/c1-12-51(9,48(69)57-26-34(6)62)30-50(7,8)47(68)58-29-42(65)59-37(25-35-16-14-13-15-17-35)46(67)60-36(24-33(4)5)45(66)56-28-40(63)55-23-22-54-27-41(64)61-49(70)73-38-20-21-53(31-72-53)44(43(38)71-11)52(10)39(74-52)19-18-32(2)3;;;;/h13-18,33-34,36-39,43-44,54,62H,12,19-31H2,1-11H3,(H,55,63)(H,56,66)(H,57,69)(H,58,68)(H,59,65)(H,60,67)(H,61,64,70);4*1H4/t34?,36?,37?,38?,39?,43-,44-,51?,52-,53+;;;;/m1..../s1. The SMILES string of the molecule is C.C.C.C.CCC(C)(CC(C)(C)C(=O)NCC(=O)NC(Cc1ccccc1)C(=O)NC(CC(C)C)C(=O)NCC(=O)NCCNCC(=O)NC(=O)OC1CC[C@]2(CO2)[C@@H]([C@]2(C)OC2CC=C(C)C)[C@@H]1OC)C(=O)NCC(C)O. The Hall–Kier alpha value is -5.48. The molecule has 4 rings (SSSR count). The van der Waals surface area contributed by atoms with Gasteiger partial charge < -0.3 is 61.3 Å². The number of ether oxygens (including phenoxy) is 4. The monoisotopic (exact) mass is 1100 g/mol. The zero-order chi connectivity index (χ0) is 55.0. The minimum atomic E-state index is -1.16. The number of imide groups is 1. The maximum Gasteiger partial charge on any atom is 0.414 e. The van der Waals surface area contributed by atoms with Crippen molar-refractivity contribution < 1.29 is 62.4 Å². The maximum atomic E-state index is 13.9. The highest BCUT2D eigenvalue weighted by Crippen LogP contribution is 2.59. The Morgan fingerprint density at radius 1 is 0.821 bits per heavy atom. The lowest BCUT2D eigenvalue weighted by atomic mass is 9.68. The quantitative estimate of drug-likeness (QED) is 0.0306. The number of hydrogen-bond donors (Lipinski definition) is 9. The van der Waals surface area contributed by atoms with Crippen molar-refractivity contribution in [3.8, 4) is 0 Å². The summed E-state index contributed by atoms with van der Waals surface area (Å²) in [4.78, 5) is 105. The largest absolute Gasteiger partial charge is 0.443 e. The average molecular weight is 1110 g/mol. The first kappa shape index (κ1) is 72.5. The number of hydrogen-bond acceptors (Lipinski definition) is 14. The second kappa shape index (κ2) is 32.6. The van der Waals surface area contributed by atoms with E-state index in [1.807, 2.05) is 41.5 Å². The van der Waals surface area contributed by atoms with E-state index in [2.05, 4.69) is 48.6 Å². The highest BCUT2D eigenvalue weighted by atomic mass is 16.6. The molecular formula is C57H100N8O13. The van der Waals surface area contributed by atoms with Gasteiger partial charge in [0, 0.05) is 44.0 Å². The van der Waals surface area contributed by atoms with Crippen LogP contribution in [0.4, 0.5) is 4.79 Å². The van der Waals surface area contributed by atoms with Gasteiger partial charge in [0.1, 0.15) is 35.5 Å². The molecule has 2 saturated heterocycles. The van der Waals surface area contributed by atoms with Gasteiger partial charge in [0.05, 0.1) is 44.4 Å². The van der Waals surface area contributed by atoms with Gasteiger partial charge in [-0.05, 0) is 77.7 Å². The third kappa shape index (κ3) is 21.6. The predicted octanol–water partition coefficient (Wildman–Crippen LogP) is 4.39. The van der Waals surface area contributed by atoms with E-state index in [0.717, 1.165) is 12.0 Å². The molecule has 78 heavy (non-hydrogen) atoms. The topological polar surface area (TPSA) is 297 Å². The molecule has 9 N–H and O–H groups in total. The molecule has 0 aromatic heterocycles. The second-order valence-electron chi connectivity index (χ2n) is 21.8. The molecule has 2 heterocycles. The molecule has 2 aliphatic heterocycles. The first-order valence-electron chi connectivity index (χ1n) is 25.9. The van der Waals surface area contributed by atoms with Crippen LogP contribution in [-0.2, 0) is 58.9 Å². The average Bonchev–Trinajstić information content (AvgIpc) is 4.26. The molecule has 1 aromatic rings. The van der Waals surface area contributed by atoms with Crippen LogP contribution in [0.1, 0.15) is 143 Å². The lowest BCUT2D eigenvalue weighted by Gasteiger charge is -2.42. The number of aliphatic hydroxyl groups excluding tert-OH is 1. The van der Waals surface area contributed by atoms with Crippen LogP contribution < -0.4 is 42.5 Å². The number of aliphatic hydroxyl groups is 1. The van der Waals surface area contributed by atoms with Crippen LogP contribution in [0.2, 0.25) is 0 Å². The molecule has 0 radical (unpaired) electrons. The van der Waals surface area contributed by atoms with Crippen molar-refractivity contribution in [3.63, 3.8) is 0 Å². The molecule has 446 valence electrons. The van der Waals surface area contributed by atoms with Crippen LogP contribution in [0.5, 0.6) is 0 Å². The Labute approximate surface area is 465 Å². The van der Waals surface area contributed by atoms with E-state index in [1.165, 1.54) is 5.57 Å². The van der Waals surface area contributed by atoms with Gasteiger partial charge >= 0.3 is 6.09 Å². The fourth-order valence-electron chi connectivity index (χ4n) is 9.80. The number of nitrogens with one attached hydrogen (secondary N) is 8. The molecule has 6 unspecified atom stereocenters. The summed E-state index contributed by atoms with van der Waals surface area (Å²) in [6, 6.07) is 6.71. The molecule has 1 saturated carbocycles. The number of allylic oxidation sites excluding steroid dienone is 1. The molecule has 8 amide bonds. The van der Waals surface area contributed by atoms with Crippen molar-refractivity contribution in [2.45, 2.75) is 192 Å². The van der Waals surface area contributed by atoms with Gasteiger partial charge in [-0.25, -0.2) is 4.79 Å². The molecule has 0 bridgehead atoms. The number of amides is 8. The van der Waals surface area contributed by atoms with Gasteiger partial charge in [-0.1, -0.05) is 113 Å². The van der Waals surface area contributed by atoms with E-state index >= 15 is 0 Å². The Morgan fingerprint density at radius 2 is 1.46 bits per heavy atom. The first-order valence-corrected chi connectivity index (χ1v) is 25.9. The van der Waals surface area contributed by atoms with Crippen molar-refractivity contribution >= 4 is 47.4 Å². The van der Waals surface area contributed by atoms with Crippen LogP contribution in [0.3, 0.4) is 0 Å². The Bertz CT molecular complexity index is 2150. The lowest BCUT2D eigenvalue weighted by molar-refractivity contribution is -0.138. The highest BCUT2D eigenvalue weighted by Gasteiger charge is 2.72. The second-order valence-corrected chi connectivity index (χ2v) is 21.8. The van der Waals surface area contributed by atoms with Crippen LogP contribution in [0.15, 0.2) is 42.0 Å². The number of epoxide rings is 2. The van der Waals surface area contributed by atoms with Gasteiger partial charge in [-0.2, -0.15) is 0 Å². The van der Waals surface area contributed by atoms with E-state index in [9.17, 15) is 43.5 Å². The van der Waals surface area contributed by atoms with E-state index in [0.29, 0.717) is 25.9 Å². The Kier molecular flexibility index (Phi) is 30.3. The fraction of sp³-hybridized carbons (Fsp3) is 0.719. The molecule has 21 heteroatoms. The number of rotatable bonds is 29. The molecular weight excluding hydrogens is 1000 g/mol. The summed E-state index contributed by atoms with van der Waals surface area (Å²) in [6.45, 7) is 18.1. The molecule has 1 spiro atoms. The number of methoxy groups -OCH3 is 1. The van der Waals surface area contributed by atoms with Crippen molar-refractivity contribution in [2.75, 3.05) is 53.0 Å². The van der Waals surface area contributed by atoms with E-state index in [4.69, 9.17) is 18.9 Å². The Balaban J connectivity index is 0.0000148. The van der Waals surface area contributed by atoms with E-state index in [1.54, 1.807) is 65.1 Å². The van der Waals surface area contributed by atoms with Crippen molar-refractivity contribution in [3.05, 3.63) is 47.5 Å². The summed E-state index contributed by atoms with van der Waals surface area (Å²) >= 11 is 0. The number of benzene rings is 1. The summed E-state index contributed by atoms with van der Waals surface area (Å²) in [5.41, 5.74) is -1.01. The molecule has 1 aromatic carbocycles.